The lowest BCUT2D eigenvalue weighted by molar-refractivity contribution is -0.138. The lowest BCUT2D eigenvalue weighted by Gasteiger charge is -2.07. The topological polar surface area (TPSA) is 157 Å². The summed E-state index contributed by atoms with van der Waals surface area (Å²) in [5, 5.41) is 11.1. The van der Waals surface area contributed by atoms with E-state index >= 15 is 0 Å². The highest BCUT2D eigenvalue weighted by Gasteiger charge is 2.10. The number of carbonyl (C=O) groups excluding carboxylic acids is 1. The van der Waals surface area contributed by atoms with Crippen molar-refractivity contribution in [3.63, 3.8) is 0 Å². The van der Waals surface area contributed by atoms with Gasteiger partial charge >= 0.3 is 5.97 Å². The second-order valence-electron chi connectivity index (χ2n) is 3.49. The van der Waals surface area contributed by atoms with Gasteiger partial charge in [0.1, 0.15) is 6.04 Å². The third-order valence-corrected chi connectivity index (χ3v) is 1.95. The summed E-state index contributed by atoms with van der Waals surface area (Å²) < 4.78 is 0. The van der Waals surface area contributed by atoms with Crippen molar-refractivity contribution in [2.24, 2.45) is 22.2 Å². The molecule has 0 bridgehead atoms. The minimum Gasteiger partial charge on any atom is -0.480 e. The van der Waals surface area contributed by atoms with Gasteiger partial charge in [-0.25, -0.2) is 0 Å². The van der Waals surface area contributed by atoms with E-state index < -0.39 is 12.0 Å². The molecular formula is C9H19N5O3. The molecule has 0 aromatic rings. The number of nitrogens with two attached hydrogens (primary N) is 3. The lowest BCUT2D eigenvalue weighted by atomic mass is 10.2. The first-order valence-electron chi connectivity index (χ1n) is 5.24. The van der Waals surface area contributed by atoms with Gasteiger partial charge in [0, 0.05) is 19.5 Å². The fraction of sp³-hybridized carbons (Fsp3) is 0.667. The zero-order valence-electron chi connectivity index (χ0n) is 9.56. The molecule has 8 nitrogen and oxygen atoms in total. The van der Waals surface area contributed by atoms with Crippen LogP contribution in [0.4, 0.5) is 0 Å². The van der Waals surface area contributed by atoms with Crippen molar-refractivity contribution in [2.75, 3.05) is 13.1 Å². The van der Waals surface area contributed by atoms with E-state index in [4.69, 9.17) is 22.3 Å². The number of hydrogen-bond acceptors (Lipinski definition) is 4. The number of rotatable bonds is 8. The van der Waals surface area contributed by atoms with E-state index in [-0.39, 0.29) is 24.8 Å². The molecule has 1 amide bonds. The van der Waals surface area contributed by atoms with Crippen molar-refractivity contribution in [1.82, 2.24) is 5.32 Å². The SMILES string of the molecule is NC(N)=NCCCC(=O)NCCC(N)C(=O)O. The maximum absolute atomic E-state index is 11.2. The molecule has 0 saturated carbocycles. The Morgan fingerprint density at radius 2 is 2.00 bits per heavy atom. The average Bonchev–Trinajstić information content (AvgIpc) is 2.23. The van der Waals surface area contributed by atoms with Crippen LogP contribution in [0.15, 0.2) is 4.99 Å². The number of carboxylic acids is 1. The van der Waals surface area contributed by atoms with E-state index in [1.807, 2.05) is 0 Å². The van der Waals surface area contributed by atoms with E-state index in [1.165, 1.54) is 0 Å². The molecule has 0 aliphatic carbocycles. The van der Waals surface area contributed by atoms with Crippen molar-refractivity contribution < 1.29 is 14.7 Å². The number of aliphatic carboxylic acids is 1. The maximum Gasteiger partial charge on any atom is 0.320 e. The molecule has 0 saturated heterocycles. The number of carboxylic acid groups (broad SMARTS) is 1. The molecule has 0 aliphatic heterocycles. The first kappa shape index (κ1) is 15.2. The van der Waals surface area contributed by atoms with E-state index in [0.29, 0.717) is 19.4 Å². The lowest BCUT2D eigenvalue weighted by Crippen LogP contribution is -2.35. The summed E-state index contributed by atoms with van der Waals surface area (Å²) in [6.45, 7) is 0.638. The second-order valence-corrected chi connectivity index (χ2v) is 3.49. The van der Waals surface area contributed by atoms with Gasteiger partial charge in [0.2, 0.25) is 5.91 Å². The summed E-state index contributed by atoms with van der Waals surface area (Å²) in [5.41, 5.74) is 15.5. The van der Waals surface area contributed by atoms with Crippen molar-refractivity contribution in [3.05, 3.63) is 0 Å². The molecule has 1 unspecified atom stereocenters. The Balaban J connectivity index is 3.54. The highest BCUT2D eigenvalue weighted by Crippen LogP contribution is 1.91. The number of amides is 1. The Kier molecular flexibility index (Phi) is 7.44. The average molecular weight is 245 g/mol. The van der Waals surface area contributed by atoms with E-state index in [9.17, 15) is 9.59 Å². The molecule has 8 N–H and O–H groups in total. The highest BCUT2D eigenvalue weighted by atomic mass is 16.4. The Hall–Kier alpha value is -1.83. The predicted molar refractivity (Wildman–Crippen MR) is 63.1 cm³/mol. The van der Waals surface area contributed by atoms with Crippen LogP contribution < -0.4 is 22.5 Å². The standard InChI is InChI=1S/C9H19N5O3/c10-6(8(16)17)3-5-13-7(15)2-1-4-14-9(11)12/h6H,1-5,10H2,(H,13,15)(H,16,17)(H4,11,12,14). The van der Waals surface area contributed by atoms with Crippen molar-refractivity contribution in [1.29, 1.82) is 0 Å². The molecule has 8 heteroatoms. The fourth-order valence-corrected chi connectivity index (χ4v) is 1.03. The molecule has 0 aromatic carbocycles. The Morgan fingerprint density at radius 3 is 2.53 bits per heavy atom. The molecular weight excluding hydrogens is 226 g/mol. The van der Waals surface area contributed by atoms with Crippen LogP contribution >= 0.6 is 0 Å². The van der Waals surface area contributed by atoms with Crippen LogP contribution in [0, 0.1) is 0 Å². The van der Waals surface area contributed by atoms with Gasteiger partial charge < -0.3 is 27.6 Å². The summed E-state index contributed by atoms with van der Waals surface area (Å²) in [4.78, 5) is 25.3. The molecule has 0 aromatic heterocycles. The van der Waals surface area contributed by atoms with Crippen molar-refractivity contribution in [2.45, 2.75) is 25.3 Å². The molecule has 17 heavy (non-hydrogen) atoms. The van der Waals surface area contributed by atoms with Gasteiger partial charge in [0.25, 0.3) is 0 Å². The van der Waals surface area contributed by atoms with Crippen molar-refractivity contribution >= 4 is 17.8 Å². The molecule has 0 spiro atoms. The Bertz CT molecular complexity index is 288. The number of nitrogens with one attached hydrogen (secondary N) is 1. The Labute approximate surface area is 99.2 Å². The monoisotopic (exact) mass is 245 g/mol. The molecule has 0 rings (SSSR count). The van der Waals surface area contributed by atoms with Crippen LogP contribution in [0.1, 0.15) is 19.3 Å². The Morgan fingerprint density at radius 1 is 1.35 bits per heavy atom. The fourth-order valence-electron chi connectivity index (χ4n) is 1.03. The quantitative estimate of drug-likeness (QED) is 0.188. The normalized spacial score (nSPS) is 11.6. The molecule has 0 radical (unpaired) electrons. The number of hydrogen-bond donors (Lipinski definition) is 5. The molecule has 1 atom stereocenters. The van der Waals surface area contributed by atoms with Gasteiger partial charge in [-0.2, -0.15) is 0 Å². The summed E-state index contributed by atoms with van der Waals surface area (Å²) in [6.07, 6.45) is 1.03. The number of guanidine groups is 1. The summed E-state index contributed by atoms with van der Waals surface area (Å²) in [6, 6.07) is -0.947. The van der Waals surface area contributed by atoms with Gasteiger partial charge in [-0.1, -0.05) is 0 Å². The van der Waals surface area contributed by atoms with Crippen LogP contribution in [-0.2, 0) is 9.59 Å². The molecule has 98 valence electrons. The molecule has 0 fully saturated rings. The number of aliphatic imine (C=N–C) groups is 1. The van der Waals surface area contributed by atoms with Crippen LogP contribution in [-0.4, -0.2) is 42.1 Å². The zero-order valence-corrected chi connectivity index (χ0v) is 9.56. The smallest absolute Gasteiger partial charge is 0.320 e. The zero-order chi connectivity index (χ0) is 13.3. The van der Waals surface area contributed by atoms with Gasteiger partial charge in [0.15, 0.2) is 5.96 Å². The predicted octanol–water partition coefficient (Wildman–Crippen LogP) is -2.04. The van der Waals surface area contributed by atoms with Crippen LogP contribution in [0.3, 0.4) is 0 Å². The van der Waals surface area contributed by atoms with E-state index in [0.717, 1.165) is 0 Å². The minimum atomic E-state index is -1.08. The van der Waals surface area contributed by atoms with Crippen molar-refractivity contribution in [3.8, 4) is 0 Å². The van der Waals surface area contributed by atoms with Crippen LogP contribution in [0.25, 0.3) is 0 Å². The second kappa shape index (κ2) is 8.34. The maximum atomic E-state index is 11.2. The summed E-state index contributed by atoms with van der Waals surface area (Å²) in [5.74, 6) is -1.25. The molecule has 0 heterocycles. The van der Waals surface area contributed by atoms with Gasteiger partial charge in [-0.15, -0.1) is 0 Å². The van der Waals surface area contributed by atoms with Crippen LogP contribution in [0.5, 0.6) is 0 Å². The summed E-state index contributed by atoms with van der Waals surface area (Å²) >= 11 is 0. The van der Waals surface area contributed by atoms with Crippen LogP contribution in [0.2, 0.25) is 0 Å². The van der Waals surface area contributed by atoms with E-state index in [2.05, 4.69) is 10.3 Å². The molecule has 0 aliphatic rings. The minimum absolute atomic E-state index is 0.00200. The van der Waals surface area contributed by atoms with Gasteiger partial charge in [-0.05, 0) is 12.8 Å². The van der Waals surface area contributed by atoms with Gasteiger partial charge in [0.05, 0.1) is 0 Å². The first-order valence-corrected chi connectivity index (χ1v) is 5.24. The summed E-state index contributed by atoms with van der Waals surface area (Å²) in [7, 11) is 0. The highest BCUT2D eigenvalue weighted by molar-refractivity contribution is 5.77. The third kappa shape index (κ3) is 9.12. The first-order chi connectivity index (χ1) is 7.93. The number of carbonyl (C=O) groups is 2. The van der Waals surface area contributed by atoms with E-state index in [1.54, 1.807) is 0 Å². The van der Waals surface area contributed by atoms with Gasteiger partial charge in [-0.3, -0.25) is 14.6 Å². The largest absolute Gasteiger partial charge is 0.480 e. The third-order valence-electron chi connectivity index (χ3n) is 1.95. The number of nitrogens with zero attached hydrogens (tertiary/aromatic N) is 1.